The average molecular weight is 279 g/mol. The summed E-state index contributed by atoms with van der Waals surface area (Å²) >= 11 is 12.0. The quantitative estimate of drug-likeness (QED) is 0.653. The molecular weight excluding hydrogens is 271 g/mol. The fourth-order valence-electron chi connectivity index (χ4n) is 1.50. The zero-order chi connectivity index (χ0) is 13.1. The molecule has 4 nitrogen and oxygen atoms in total. The van der Waals surface area contributed by atoms with Crippen LogP contribution in [0.2, 0.25) is 10.0 Å². The second-order valence-electron chi connectivity index (χ2n) is 3.47. The first-order valence-corrected chi connectivity index (χ1v) is 5.74. The second-order valence-corrected chi connectivity index (χ2v) is 4.32. The Morgan fingerprint density at radius 2 is 2.00 bits per heavy atom. The molecule has 1 aromatic heterocycles. The van der Waals surface area contributed by atoms with E-state index in [1.165, 1.54) is 0 Å². The maximum atomic E-state index is 8.88. The van der Waals surface area contributed by atoms with Crippen LogP contribution in [0.15, 0.2) is 30.3 Å². The van der Waals surface area contributed by atoms with Gasteiger partial charge in [-0.2, -0.15) is 5.26 Å². The van der Waals surface area contributed by atoms with Gasteiger partial charge in [-0.3, -0.25) is 0 Å². The van der Waals surface area contributed by atoms with Crippen LogP contribution in [-0.4, -0.2) is 4.98 Å². The summed E-state index contributed by atoms with van der Waals surface area (Å²) in [6.07, 6.45) is 0. The van der Waals surface area contributed by atoms with E-state index in [2.05, 4.69) is 10.4 Å². The molecule has 0 aliphatic rings. The van der Waals surface area contributed by atoms with E-state index in [-0.39, 0.29) is 0 Å². The van der Waals surface area contributed by atoms with Gasteiger partial charge in [-0.1, -0.05) is 23.2 Å². The Bertz CT molecular complexity index is 634. The summed E-state index contributed by atoms with van der Waals surface area (Å²) in [5.74, 6) is 5.62. The molecule has 2 aromatic rings. The Morgan fingerprint density at radius 1 is 1.22 bits per heavy atom. The number of pyridine rings is 1. The van der Waals surface area contributed by atoms with E-state index in [0.29, 0.717) is 32.7 Å². The molecular formula is C12H8Cl2N4. The van der Waals surface area contributed by atoms with Crippen LogP contribution < -0.4 is 11.3 Å². The molecule has 0 aliphatic heterocycles. The molecule has 2 rings (SSSR count). The fraction of sp³-hybridized carbons (Fsp3) is 0. The molecule has 0 fully saturated rings. The molecule has 18 heavy (non-hydrogen) atoms. The molecule has 0 bridgehead atoms. The highest BCUT2D eigenvalue weighted by atomic mass is 35.5. The fourth-order valence-corrected chi connectivity index (χ4v) is 1.89. The third kappa shape index (κ3) is 2.39. The van der Waals surface area contributed by atoms with Crippen molar-refractivity contribution in [2.75, 3.05) is 5.43 Å². The van der Waals surface area contributed by atoms with Gasteiger partial charge in [-0.05, 0) is 30.3 Å². The zero-order valence-electron chi connectivity index (χ0n) is 9.11. The number of hydrogen-bond donors (Lipinski definition) is 2. The van der Waals surface area contributed by atoms with E-state index >= 15 is 0 Å². The molecule has 1 aromatic carbocycles. The molecule has 0 amide bonds. The first kappa shape index (κ1) is 12.7. The number of anilines is 1. The van der Waals surface area contributed by atoms with Crippen molar-refractivity contribution < 1.29 is 0 Å². The van der Waals surface area contributed by atoms with Crippen LogP contribution >= 0.6 is 23.2 Å². The molecule has 0 saturated carbocycles. The smallest absolute Gasteiger partial charge is 0.158 e. The summed E-state index contributed by atoms with van der Waals surface area (Å²) in [6.45, 7) is 0. The number of halogens is 2. The van der Waals surface area contributed by atoms with Crippen molar-refractivity contribution >= 4 is 29.0 Å². The molecule has 0 spiro atoms. The highest BCUT2D eigenvalue weighted by Crippen LogP contribution is 2.30. The maximum absolute atomic E-state index is 8.88. The van der Waals surface area contributed by atoms with Crippen molar-refractivity contribution in [3.05, 3.63) is 45.9 Å². The highest BCUT2D eigenvalue weighted by molar-refractivity contribution is 6.35. The number of benzene rings is 1. The predicted octanol–water partition coefficient (Wildman–Crippen LogP) is 3.21. The van der Waals surface area contributed by atoms with E-state index in [9.17, 15) is 0 Å². The summed E-state index contributed by atoms with van der Waals surface area (Å²) in [5, 5.41) is 9.96. The van der Waals surface area contributed by atoms with Crippen LogP contribution in [-0.2, 0) is 0 Å². The lowest BCUT2D eigenvalue weighted by molar-refractivity contribution is 1.21. The van der Waals surface area contributed by atoms with Crippen molar-refractivity contribution in [1.29, 1.82) is 5.26 Å². The van der Waals surface area contributed by atoms with Crippen LogP contribution in [0.5, 0.6) is 0 Å². The largest absolute Gasteiger partial charge is 0.307 e. The van der Waals surface area contributed by atoms with Crippen molar-refractivity contribution in [1.82, 2.24) is 4.98 Å². The number of aromatic nitrogens is 1. The van der Waals surface area contributed by atoms with Crippen molar-refractivity contribution in [2.45, 2.75) is 0 Å². The van der Waals surface area contributed by atoms with Gasteiger partial charge >= 0.3 is 0 Å². The summed E-state index contributed by atoms with van der Waals surface area (Å²) in [6, 6.07) is 10.4. The molecule has 6 heteroatoms. The van der Waals surface area contributed by atoms with Crippen molar-refractivity contribution in [2.24, 2.45) is 5.84 Å². The number of nitriles is 1. The first-order valence-electron chi connectivity index (χ1n) is 4.99. The minimum Gasteiger partial charge on any atom is -0.307 e. The molecule has 0 radical (unpaired) electrons. The van der Waals surface area contributed by atoms with Gasteiger partial charge in [-0.15, -0.1) is 0 Å². The minimum absolute atomic E-state index is 0.297. The van der Waals surface area contributed by atoms with Crippen LogP contribution in [0.1, 0.15) is 5.56 Å². The van der Waals surface area contributed by atoms with Crippen molar-refractivity contribution in [3.8, 4) is 17.3 Å². The third-order valence-corrected chi connectivity index (χ3v) is 2.92. The number of nitrogen functional groups attached to an aromatic ring is 1. The van der Waals surface area contributed by atoms with Gasteiger partial charge < -0.3 is 5.43 Å². The predicted molar refractivity (Wildman–Crippen MR) is 72.2 cm³/mol. The summed E-state index contributed by atoms with van der Waals surface area (Å²) in [5.41, 5.74) is 4.02. The Kier molecular flexibility index (Phi) is 3.68. The average Bonchev–Trinajstić information content (AvgIpc) is 2.40. The minimum atomic E-state index is 0.297. The standard InChI is InChI=1S/C12H8Cl2N4/c13-8-2-3-10(14)9(5-8)11-4-1-7(6-15)12(17-11)18-16/h1-5H,16H2,(H,17,18). The Labute approximate surface area is 114 Å². The van der Waals surface area contributed by atoms with Gasteiger partial charge in [0.25, 0.3) is 0 Å². The maximum Gasteiger partial charge on any atom is 0.158 e. The summed E-state index contributed by atoms with van der Waals surface area (Å²) in [7, 11) is 0. The zero-order valence-corrected chi connectivity index (χ0v) is 10.6. The number of rotatable bonds is 2. The number of nitrogens with zero attached hydrogens (tertiary/aromatic N) is 2. The number of hydrogen-bond acceptors (Lipinski definition) is 4. The van der Waals surface area contributed by atoms with E-state index in [4.69, 9.17) is 34.3 Å². The van der Waals surface area contributed by atoms with Gasteiger partial charge in [0.15, 0.2) is 5.82 Å². The molecule has 3 N–H and O–H groups in total. The highest BCUT2D eigenvalue weighted by Gasteiger charge is 2.09. The number of nitrogens with one attached hydrogen (secondary N) is 1. The molecule has 1 heterocycles. The van der Waals surface area contributed by atoms with Crippen LogP contribution in [0.3, 0.4) is 0 Å². The lowest BCUT2D eigenvalue weighted by Crippen LogP contribution is -2.10. The lowest BCUT2D eigenvalue weighted by Gasteiger charge is -2.07. The van der Waals surface area contributed by atoms with Gasteiger partial charge in [0.05, 0.1) is 16.3 Å². The molecule has 0 aliphatic carbocycles. The van der Waals surface area contributed by atoms with Crippen LogP contribution in [0.25, 0.3) is 11.3 Å². The SMILES string of the molecule is N#Cc1ccc(-c2cc(Cl)ccc2Cl)nc1NN. The third-order valence-electron chi connectivity index (χ3n) is 2.36. The summed E-state index contributed by atoms with van der Waals surface area (Å²) < 4.78 is 0. The monoisotopic (exact) mass is 278 g/mol. The van der Waals surface area contributed by atoms with E-state index in [1.54, 1.807) is 30.3 Å². The topological polar surface area (TPSA) is 74.7 Å². The van der Waals surface area contributed by atoms with E-state index in [0.717, 1.165) is 0 Å². The number of hydrazine groups is 1. The van der Waals surface area contributed by atoms with Crippen LogP contribution in [0.4, 0.5) is 5.82 Å². The Morgan fingerprint density at radius 3 is 2.67 bits per heavy atom. The van der Waals surface area contributed by atoms with Gasteiger partial charge in [0, 0.05) is 10.6 Å². The van der Waals surface area contributed by atoms with Gasteiger partial charge in [0.1, 0.15) is 6.07 Å². The van der Waals surface area contributed by atoms with Crippen molar-refractivity contribution in [3.63, 3.8) is 0 Å². The molecule has 0 atom stereocenters. The van der Waals surface area contributed by atoms with E-state index in [1.807, 2.05) is 6.07 Å². The first-order chi connectivity index (χ1) is 8.65. The summed E-state index contributed by atoms with van der Waals surface area (Å²) in [4.78, 5) is 4.23. The van der Waals surface area contributed by atoms with E-state index < -0.39 is 0 Å². The Balaban J connectivity index is 2.58. The van der Waals surface area contributed by atoms with Gasteiger partial charge in [-0.25, -0.2) is 10.8 Å². The second kappa shape index (κ2) is 5.23. The normalized spacial score (nSPS) is 9.89. The number of nitrogens with two attached hydrogens (primary N) is 1. The van der Waals surface area contributed by atoms with Gasteiger partial charge in [0.2, 0.25) is 0 Å². The molecule has 0 unspecified atom stereocenters. The molecule has 90 valence electrons. The Hall–Kier alpha value is -1.80. The molecule has 0 saturated heterocycles. The van der Waals surface area contributed by atoms with Crippen LogP contribution in [0, 0.1) is 11.3 Å². The lowest BCUT2D eigenvalue weighted by atomic mass is 10.1.